The minimum atomic E-state index is -0.315. The van der Waals surface area contributed by atoms with Gasteiger partial charge >= 0.3 is 0 Å². The van der Waals surface area contributed by atoms with Gasteiger partial charge in [0.05, 0.1) is 6.61 Å². The summed E-state index contributed by atoms with van der Waals surface area (Å²) in [6, 6.07) is 21.6. The van der Waals surface area contributed by atoms with Gasteiger partial charge in [-0.05, 0) is 89.8 Å². The fourth-order valence-corrected chi connectivity index (χ4v) is 3.48. The Morgan fingerprint density at radius 2 is 1.28 bits per heavy atom. The molecule has 6 nitrogen and oxygen atoms in total. The van der Waals surface area contributed by atoms with E-state index >= 15 is 0 Å². The minimum absolute atomic E-state index is 0.0324. The van der Waals surface area contributed by atoms with Gasteiger partial charge in [-0.15, -0.1) is 0 Å². The van der Waals surface area contributed by atoms with Crippen molar-refractivity contribution < 1.29 is 14.3 Å². The number of ether oxygens (including phenoxy) is 1. The van der Waals surface area contributed by atoms with E-state index in [0.29, 0.717) is 35.0 Å². The molecule has 0 spiro atoms. The second-order valence-corrected chi connectivity index (χ2v) is 10.4. The quantitative estimate of drug-likeness (QED) is 0.325. The molecule has 0 aromatic heterocycles. The third kappa shape index (κ3) is 7.92. The molecule has 0 heterocycles. The molecule has 7 heteroatoms. The first-order chi connectivity index (χ1) is 17.0. The van der Waals surface area contributed by atoms with Gasteiger partial charge < -0.3 is 15.4 Å². The topological polar surface area (TPSA) is 79.5 Å². The molecular formula is C29H33N3O3S. The predicted molar refractivity (Wildman–Crippen MR) is 150 cm³/mol. The summed E-state index contributed by atoms with van der Waals surface area (Å²) < 4.78 is 5.64. The summed E-state index contributed by atoms with van der Waals surface area (Å²) in [5.41, 5.74) is 3.61. The van der Waals surface area contributed by atoms with Gasteiger partial charge in [-0.3, -0.25) is 14.9 Å². The number of hydrogen-bond acceptors (Lipinski definition) is 4. The minimum Gasteiger partial charge on any atom is -0.493 e. The number of nitrogens with one attached hydrogen (secondary N) is 3. The normalized spacial score (nSPS) is 11.1. The van der Waals surface area contributed by atoms with E-state index in [1.807, 2.05) is 24.3 Å². The Kier molecular flexibility index (Phi) is 8.83. The second-order valence-electron chi connectivity index (χ2n) is 10.00. The number of carbonyl (C=O) groups is 2. The summed E-state index contributed by atoms with van der Waals surface area (Å²) in [4.78, 5) is 25.1. The first kappa shape index (κ1) is 26.9. The van der Waals surface area contributed by atoms with Crippen molar-refractivity contribution in [3.63, 3.8) is 0 Å². The van der Waals surface area contributed by atoms with Crippen molar-refractivity contribution in [1.29, 1.82) is 0 Å². The molecule has 0 atom stereocenters. The van der Waals surface area contributed by atoms with Crippen LogP contribution in [0.4, 0.5) is 11.4 Å². The first-order valence-corrected chi connectivity index (χ1v) is 12.3. The molecule has 36 heavy (non-hydrogen) atoms. The highest BCUT2D eigenvalue weighted by Crippen LogP contribution is 2.23. The van der Waals surface area contributed by atoms with E-state index in [4.69, 9.17) is 17.0 Å². The van der Waals surface area contributed by atoms with E-state index < -0.39 is 0 Å². The van der Waals surface area contributed by atoms with Crippen molar-refractivity contribution in [2.45, 2.75) is 40.0 Å². The molecule has 2 amide bonds. The lowest BCUT2D eigenvalue weighted by Crippen LogP contribution is -2.34. The highest BCUT2D eigenvalue weighted by atomic mass is 32.1. The molecule has 0 radical (unpaired) electrons. The Labute approximate surface area is 218 Å². The lowest BCUT2D eigenvalue weighted by atomic mass is 9.87. The number of carbonyl (C=O) groups excluding carboxylic acids is 2. The zero-order chi connectivity index (χ0) is 26.3. The number of anilines is 2. The van der Waals surface area contributed by atoms with Gasteiger partial charge in [0.2, 0.25) is 0 Å². The molecule has 0 aliphatic rings. The monoisotopic (exact) mass is 503 g/mol. The maximum Gasteiger partial charge on any atom is 0.257 e. The molecule has 188 valence electrons. The van der Waals surface area contributed by atoms with E-state index in [9.17, 15) is 9.59 Å². The van der Waals surface area contributed by atoms with E-state index in [1.165, 1.54) is 5.56 Å². The van der Waals surface area contributed by atoms with Crippen molar-refractivity contribution in [2.75, 3.05) is 17.2 Å². The van der Waals surface area contributed by atoms with E-state index in [2.05, 4.69) is 50.6 Å². The van der Waals surface area contributed by atoms with E-state index in [1.54, 1.807) is 48.5 Å². The molecule has 3 N–H and O–H groups in total. The smallest absolute Gasteiger partial charge is 0.257 e. The fourth-order valence-electron chi connectivity index (χ4n) is 3.26. The zero-order valence-electron chi connectivity index (χ0n) is 21.3. The van der Waals surface area contributed by atoms with Gasteiger partial charge in [0.1, 0.15) is 5.75 Å². The Morgan fingerprint density at radius 3 is 1.81 bits per heavy atom. The largest absolute Gasteiger partial charge is 0.493 e. The molecule has 3 aromatic rings. The van der Waals surface area contributed by atoms with Crippen LogP contribution in [0.15, 0.2) is 72.8 Å². The molecule has 3 rings (SSSR count). The SMILES string of the molecule is CC(C)COc1ccc(C(=O)NC(=S)Nc2ccc(NC(=O)c3ccc(C(C)(C)C)cc3)cc2)cc1. The van der Waals surface area contributed by atoms with Crippen LogP contribution < -0.4 is 20.7 Å². The molecule has 0 saturated carbocycles. The van der Waals surface area contributed by atoms with Crippen molar-refractivity contribution in [3.05, 3.63) is 89.5 Å². The Morgan fingerprint density at radius 1 is 0.778 bits per heavy atom. The molecule has 0 saturated heterocycles. The first-order valence-electron chi connectivity index (χ1n) is 11.9. The highest BCUT2D eigenvalue weighted by molar-refractivity contribution is 7.80. The third-order valence-corrected chi connectivity index (χ3v) is 5.54. The van der Waals surface area contributed by atoms with Crippen molar-refractivity contribution >= 4 is 40.5 Å². The standard InChI is InChI=1S/C29H33N3O3S/c1-19(2)18-35-25-16-8-21(9-17-25)27(34)32-28(36)31-24-14-12-23(13-15-24)30-26(33)20-6-10-22(11-7-20)29(3,4)5/h6-17,19H,18H2,1-5H3,(H,30,33)(H2,31,32,34,36). The van der Waals surface area contributed by atoms with Crippen LogP contribution in [0.25, 0.3) is 0 Å². The lowest BCUT2D eigenvalue weighted by molar-refractivity contribution is 0.0976. The number of benzene rings is 3. The summed E-state index contributed by atoms with van der Waals surface area (Å²) >= 11 is 5.27. The molecular weight excluding hydrogens is 470 g/mol. The van der Waals surface area contributed by atoms with Crippen molar-refractivity contribution in [1.82, 2.24) is 5.32 Å². The third-order valence-electron chi connectivity index (χ3n) is 5.34. The van der Waals surface area contributed by atoms with Crippen molar-refractivity contribution in [3.8, 4) is 5.75 Å². The van der Waals surface area contributed by atoms with Crippen LogP contribution >= 0.6 is 12.2 Å². The number of rotatable bonds is 7. The Balaban J connectivity index is 1.51. The van der Waals surface area contributed by atoms with Crippen molar-refractivity contribution in [2.24, 2.45) is 5.92 Å². The number of thiocarbonyl (C=S) groups is 1. The fraction of sp³-hybridized carbons (Fsp3) is 0.276. The summed E-state index contributed by atoms with van der Waals surface area (Å²) in [6.07, 6.45) is 0. The second kappa shape index (κ2) is 11.8. The van der Waals surface area contributed by atoms with Gasteiger partial charge in [-0.25, -0.2) is 0 Å². The molecule has 0 fully saturated rings. The van der Waals surface area contributed by atoms with E-state index in [0.717, 1.165) is 5.75 Å². The van der Waals surface area contributed by atoms with Gasteiger partial charge in [0, 0.05) is 22.5 Å². The van der Waals surface area contributed by atoms with Gasteiger partial charge in [0.25, 0.3) is 11.8 Å². The molecule has 0 bridgehead atoms. The summed E-state index contributed by atoms with van der Waals surface area (Å²) in [5.74, 6) is 0.645. The van der Waals surface area contributed by atoms with Gasteiger partial charge in [-0.1, -0.05) is 46.8 Å². The molecule has 3 aromatic carbocycles. The predicted octanol–water partition coefficient (Wildman–Crippen LogP) is 6.40. The summed E-state index contributed by atoms with van der Waals surface area (Å²) in [6.45, 7) is 11.2. The van der Waals surface area contributed by atoms with Crippen LogP contribution in [-0.2, 0) is 5.41 Å². The van der Waals surface area contributed by atoms with Crippen LogP contribution in [0.2, 0.25) is 0 Å². The highest BCUT2D eigenvalue weighted by Gasteiger charge is 2.14. The average molecular weight is 504 g/mol. The van der Waals surface area contributed by atoms with Crippen LogP contribution in [0.1, 0.15) is 60.9 Å². The number of hydrogen-bond donors (Lipinski definition) is 3. The average Bonchev–Trinajstić information content (AvgIpc) is 2.83. The summed E-state index contributed by atoms with van der Waals surface area (Å²) in [5, 5.41) is 8.72. The van der Waals surface area contributed by atoms with Gasteiger partial charge in [-0.2, -0.15) is 0 Å². The van der Waals surface area contributed by atoms with Crippen LogP contribution in [0.3, 0.4) is 0 Å². The van der Waals surface area contributed by atoms with Crippen LogP contribution in [0, 0.1) is 5.92 Å². The van der Waals surface area contributed by atoms with Crippen LogP contribution in [0.5, 0.6) is 5.75 Å². The number of amides is 2. The van der Waals surface area contributed by atoms with Crippen LogP contribution in [-0.4, -0.2) is 23.5 Å². The lowest BCUT2D eigenvalue weighted by Gasteiger charge is -2.19. The Bertz CT molecular complexity index is 1200. The molecule has 0 aliphatic carbocycles. The van der Waals surface area contributed by atoms with Gasteiger partial charge in [0.15, 0.2) is 5.11 Å². The molecule has 0 aliphatic heterocycles. The van der Waals surface area contributed by atoms with E-state index in [-0.39, 0.29) is 22.3 Å². The molecule has 0 unspecified atom stereocenters. The Hall–Kier alpha value is -3.71. The maximum absolute atomic E-state index is 12.6. The maximum atomic E-state index is 12.6. The summed E-state index contributed by atoms with van der Waals surface area (Å²) in [7, 11) is 0. The zero-order valence-corrected chi connectivity index (χ0v) is 22.2.